The lowest BCUT2D eigenvalue weighted by Gasteiger charge is -2.14. The number of hydrogen-bond donors (Lipinski definition) is 0. The van der Waals surface area contributed by atoms with E-state index in [1.807, 2.05) is 36.5 Å². The SMILES string of the molecule is c1ccc(-c2nc3ccccc3c3c(-c4ccc(-c5ccc(-c6ccccn6)nc5)cc4)cccc23)cc1. The molecule has 0 unspecified atom stereocenters. The van der Waals surface area contributed by atoms with Gasteiger partial charge in [-0.25, -0.2) is 4.98 Å². The molecule has 4 aromatic carbocycles. The maximum atomic E-state index is 5.08. The van der Waals surface area contributed by atoms with Gasteiger partial charge in [0.05, 0.1) is 22.6 Å². The molecular formula is C35H23N3. The third-order valence-electron chi connectivity index (χ3n) is 6.99. The number of nitrogens with zero attached hydrogens (tertiary/aromatic N) is 3. The number of benzene rings is 4. The molecule has 0 saturated carbocycles. The summed E-state index contributed by atoms with van der Waals surface area (Å²) < 4.78 is 0. The largest absolute Gasteiger partial charge is 0.255 e. The van der Waals surface area contributed by atoms with E-state index in [2.05, 4.69) is 107 Å². The Morgan fingerprint density at radius 2 is 1.13 bits per heavy atom. The molecule has 178 valence electrons. The van der Waals surface area contributed by atoms with Gasteiger partial charge in [-0.1, -0.05) is 103 Å². The Morgan fingerprint density at radius 3 is 1.92 bits per heavy atom. The van der Waals surface area contributed by atoms with Crippen molar-refractivity contribution in [2.24, 2.45) is 0 Å². The molecule has 7 rings (SSSR count). The minimum absolute atomic E-state index is 0.872. The van der Waals surface area contributed by atoms with Gasteiger partial charge in [0.25, 0.3) is 0 Å². The van der Waals surface area contributed by atoms with E-state index in [1.165, 1.54) is 16.5 Å². The van der Waals surface area contributed by atoms with Gasteiger partial charge >= 0.3 is 0 Å². The highest BCUT2D eigenvalue weighted by atomic mass is 14.8. The van der Waals surface area contributed by atoms with Crippen molar-refractivity contribution in [2.75, 3.05) is 0 Å². The summed E-state index contributed by atoms with van der Waals surface area (Å²) in [7, 11) is 0. The van der Waals surface area contributed by atoms with Crippen molar-refractivity contribution in [3.63, 3.8) is 0 Å². The van der Waals surface area contributed by atoms with Gasteiger partial charge in [-0.2, -0.15) is 0 Å². The second kappa shape index (κ2) is 9.38. The standard InChI is InChI=1S/C35H23N3/c1-2-9-26(10-3-1)35-30-13-8-12-28(34(30)29-11-4-5-14-31(29)38-35)25-18-16-24(17-19-25)27-20-21-33(37-23-27)32-15-6-7-22-36-32/h1-23H. The Morgan fingerprint density at radius 1 is 0.421 bits per heavy atom. The lowest BCUT2D eigenvalue weighted by molar-refractivity contribution is 1.25. The molecule has 38 heavy (non-hydrogen) atoms. The average molecular weight is 486 g/mol. The molecule has 3 heteroatoms. The highest BCUT2D eigenvalue weighted by Gasteiger charge is 2.14. The van der Waals surface area contributed by atoms with E-state index in [9.17, 15) is 0 Å². The summed E-state index contributed by atoms with van der Waals surface area (Å²) in [5.74, 6) is 0. The predicted molar refractivity (Wildman–Crippen MR) is 157 cm³/mol. The van der Waals surface area contributed by atoms with Crippen molar-refractivity contribution in [1.29, 1.82) is 0 Å². The molecule has 0 atom stereocenters. The zero-order valence-corrected chi connectivity index (χ0v) is 20.6. The van der Waals surface area contributed by atoms with E-state index in [0.29, 0.717) is 0 Å². The van der Waals surface area contributed by atoms with Crippen LogP contribution in [0.25, 0.3) is 66.6 Å². The van der Waals surface area contributed by atoms with Gasteiger partial charge in [0, 0.05) is 39.7 Å². The Hall–Kier alpha value is -5.15. The van der Waals surface area contributed by atoms with Crippen LogP contribution in [-0.2, 0) is 0 Å². The fraction of sp³-hybridized carbons (Fsp3) is 0. The third kappa shape index (κ3) is 3.91. The van der Waals surface area contributed by atoms with Crippen molar-refractivity contribution in [2.45, 2.75) is 0 Å². The number of aromatic nitrogens is 3. The van der Waals surface area contributed by atoms with Crippen molar-refractivity contribution in [3.05, 3.63) is 140 Å². The topological polar surface area (TPSA) is 38.7 Å². The lowest BCUT2D eigenvalue weighted by Crippen LogP contribution is -1.92. The molecule has 0 aliphatic carbocycles. The molecule has 0 saturated heterocycles. The molecule has 7 aromatic rings. The van der Waals surface area contributed by atoms with Crippen molar-refractivity contribution >= 4 is 21.7 Å². The summed E-state index contributed by atoms with van der Waals surface area (Å²) in [5.41, 5.74) is 9.47. The lowest BCUT2D eigenvalue weighted by atomic mass is 9.92. The Bertz CT molecular complexity index is 1880. The molecular weight excluding hydrogens is 462 g/mol. The van der Waals surface area contributed by atoms with Gasteiger partial charge in [-0.3, -0.25) is 9.97 Å². The van der Waals surface area contributed by atoms with Crippen LogP contribution in [0.2, 0.25) is 0 Å². The second-order valence-electron chi connectivity index (χ2n) is 9.30. The van der Waals surface area contributed by atoms with Crippen molar-refractivity contribution in [3.8, 4) is 44.9 Å². The smallest absolute Gasteiger partial charge is 0.0886 e. The summed E-state index contributed by atoms with van der Waals surface area (Å²) in [4.78, 5) is 14.1. The molecule has 0 aliphatic rings. The highest BCUT2D eigenvalue weighted by Crippen LogP contribution is 2.38. The number of rotatable bonds is 4. The highest BCUT2D eigenvalue weighted by molar-refractivity contribution is 6.17. The van der Waals surface area contributed by atoms with Crippen LogP contribution in [0.5, 0.6) is 0 Å². The zero-order valence-electron chi connectivity index (χ0n) is 20.6. The van der Waals surface area contributed by atoms with Crippen LogP contribution in [0, 0.1) is 0 Å². The van der Waals surface area contributed by atoms with Gasteiger partial charge < -0.3 is 0 Å². The van der Waals surface area contributed by atoms with Gasteiger partial charge in [-0.15, -0.1) is 0 Å². The maximum Gasteiger partial charge on any atom is 0.0886 e. The normalized spacial score (nSPS) is 11.2. The van der Waals surface area contributed by atoms with E-state index in [4.69, 9.17) is 4.98 Å². The summed E-state index contributed by atoms with van der Waals surface area (Å²) in [5, 5.41) is 3.55. The number of fused-ring (bicyclic) bond motifs is 3. The number of para-hydroxylation sites is 1. The summed E-state index contributed by atoms with van der Waals surface area (Å²) >= 11 is 0. The monoisotopic (exact) mass is 485 g/mol. The summed E-state index contributed by atoms with van der Waals surface area (Å²) in [6.45, 7) is 0. The quantitative estimate of drug-likeness (QED) is 0.234. The Labute approximate surface area is 221 Å². The van der Waals surface area contributed by atoms with Crippen LogP contribution in [0.15, 0.2) is 140 Å². The van der Waals surface area contributed by atoms with Gasteiger partial charge in [-0.05, 0) is 41.0 Å². The first-order chi connectivity index (χ1) is 18.8. The summed E-state index contributed by atoms with van der Waals surface area (Å²) in [6, 6.07) is 44.1. The molecule has 0 amide bonds. The fourth-order valence-electron chi connectivity index (χ4n) is 5.13. The van der Waals surface area contributed by atoms with E-state index in [-0.39, 0.29) is 0 Å². The van der Waals surface area contributed by atoms with Crippen molar-refractivity contribution in [1.82, 2.24) is 15.0 Å². The van der Waals surface area contributed by atoms with Gasteiger partial charge in [0.2, 0.25) is 0 Å². The molecule has 3 nitrogen and oxygen atoms in total. The van der Waals surface area contributed by atoms with E-state index in [1.54, 1.807) is 6.20 Å². The first kappa shape index (κ1) is 22.1. The average Bonchev–Trinajstić information content (AvgIpc) is 3.01. The predicted octanol–water partition coefficient (Wildman–Crippen LogP) is 8.85. The van der Waals surface area contributed by atoms with Crippen LogP contribution in [0.4, 0.5) is 0 Å². The Balaban J connectivity index is 1.33. The third-order valence-corrected chi connectivity index (χ3v) is 6.99. The minimum Gasteiger partial charge on any atom is -0.255 e. The first-order valence-electron chi connectivity index (χ1n) is 12.7. The number of hydrogen-bond acceptors (Lipinski definition) is 3. The van der Waals surface area contributed by atoms with Crippen LogP contribution >= 0.6 is 0 Å². The van der Waals surface area contributed by atoms with Crippen LogP contribution < -0.4 is 0 Å². The molecule has 0 aliphatic heterocycles. The van der Waals surface area contributed by atoms with Gasteiger partial charge in [0.15, 0.2) is 0 Å². The van der Waals surface area contributed by atoms with Crippen LogP contribution in [0.3, 0.4) is 0 Å². The number of pyridine rings is 3. The first-order valence-corrected chi connectivity index (χ1v) is 12.7. The van der Waals surface area contributed by atoms with Crippen molar-refractivity contribution < 1.29 is 0 Å². The maximum absolute atomic E-state index is 5.08. The van der Waals surface area contributed by atoms with Crippen LogP contribution in [-0.4, -0.2) is 15.0 Å². The molecule has 3 aromatic heterocycles. The van der Waals surface area contributed by atoms with Gasteiger partial charge in [0.1, 0.15) is 0 Å². The minimum atomic E-state index is 0.872. The Kier molecular flexibility index (Phi) is 5.45. The molecule has 0 spiro atoms. The molecule has 0 radical (unpaired) electrons. The fourth-order valence-corrected chi connectivity index (χ4v) is 5.13. The summed E-state index contributed by atoms with van der Waals surface area (Å²) in [6.07, 6.45) is 3.71. The molecule has 0 bridgehead atoms. The molecule has 3 heterocycles. The second-order valence-corrected chi connectivity index (χ2v) is 9.30. The molecule has 0 fully saturated rings. The van der Waals surface area contributed by atoms with E-state index in [0.717, 1.165) is 50.1 Å². The zero-order chi connectivity index (χ0) is 25.3. The van der Waals surface area contributed by atoms with Crippen LogP contribution in [0.1, 0.15) is 0 Å². The van der Waals surface area contributed by atoms with E-state index < -0.39 is 0 Å². The van der Waals surface area contributed by atoms with E-state index >= 15 is 0 Å². The molecule has 0 N–H and O–H groups in total.